The van der Waals surface area contributed by atoms with Crippen LogP contribution in [-0.2, 0) is 6.54 Å². The third-order valence-corrected chi connectivity index (χ3v) is 4.03. The van der Waals surface area contributed by atoms with Crippen molar-refractivity contribution in [2.24, 2.45) is 0 Å². The monoisotopic (exact) mass is 350 g/mol. The summed E-state index contributed by atoms with van der Waals surface area (Å²) >= 11 is 0. The Bertz CT molecular complexity index is 546. The Balaban J connectivity index is 2.64. The van der Waals surface area contributed by atoms with Gasteiger partial charge in [-0.1, -0.05) is 18.2 Å². The lowest BCUT2D eigenvalue weighted by atomic mass is 10.2. The second-order valence-electron chi connectivity index (χ2n) is 7.11. The van der Waals surface area contributed by atoms with E-state index < -0.39 is 6.10 Å². The summed E-state index contributed by atoms with van der Waals surface area (Å²) in [5.41, 5.74) is 2.28. The van der Waals surface area contributed by atoms with Crippen molar-refractivity contribution in [1.29, 1.82) is 0 Å². The van der Waals surface area contributed by atoms with Crippen LogP contribution in [0.25, 0.3) is 0 Å². The largest absolute Gasteiger partial charge is 0.493 e. The Hall–Kier alpha value is -1.56. The zero-order chi connectivity index (χ0) is 19.0. The Morgan fingerprint density at radius 1 is 1.24 bits per heavy atom. The van der Waals surface area contributed by atoms with Crippen molar-refractivity contribution in [2.45, 2.75) is 39.5 Å². The molecule has 0 saturated carbocycles. The summed E-state index contributed by atoms with van der Waals surface area (Å²) in [7, 11) is 5.68. The highest BCUT2D eigenvalue weighted by Crippen LogP contribution is 2.28. The lowest BCUT2D eigenvalue weighted by molar-refractivity contribution is 0.0668. The average Bonchev–Trinajstić information content (AvgIpc) is 2.52. The van der Waals surface area contributed by atoms with Gasteiger partial charge < -0.3 is 19.5 Å². The Morgan fingerprint density at radius 3 is 2.48 bits per heavy atom. The van der Waals surface area contributed by atoms with E-state index >= 15 is 0 Å². The lowest BCUT2D eigenvalue weighted by Crippen LogP contribution is -2.36. The molecule has 0 bridgehead atoms. The topological polar surface area (TPSA) is 45.2 Å². The molecule has 0 aromatic heterocycles. The standard InChI is InChI=1S/C20H34N2O3/c1-15(2)11-21(5)12-17-8-9-19(20(10-17)24-7)25-14-18(23)13-22(6)16(3)4/h8-10,16,18,23H,1,11-14H2,2-7H3/t18-/m1/s1. The zero-order valence-corrected chi connectivity index (χ0v) is 16.6. The summed E-state index contributed by atoms with van der Waals surface area (Å²) in [6.45, 7) is 12.6. The Labute approximate surface area is 152 Å². The molecule has 0 aliphatic carbocycles. The summed E-state index contributed by atoms with van der Waals surface area (Å²) in [6.07, 6.45) is -0.543. The maximum absolute atomic E-state index is 10.1. The second-order valence-corrected chi connectivity index (χ2v) is 7.11. The molecule has 1 aromatic carbocycles. The molecule has 0 unspecified atom stereocenters. The van der Waals surface area contributed by atoms with Gasteiger partial charge in [-0.05, 0) is 52.6 Å². The molecule has 0 aliphatic rings. The molecule has 1 N–H and O–H groups in total. The maximum Gasteiger partial charge on any atom is 0.161 e. The molecule has 0 aliphatic heterocycles. The third kappa shape index (κ3) is 7.90. The quantitative estimate of drug-likeness (QED) is 0.622. The summed E-state index contributed by atoms with van der Waals surface area (Å²) in [5.74, 6) is 1.34. The molecule has 142 valence electrons. The minimum Gasteiger partial charge on any atom is -0.493 e. The molecule has 1 rings (SSSR count). The van der Waals surface area contributed by atoms with Gasteiger partial charge in [0.25, 0.3) is 0 Å². The predicted octanol–water partition coefficient (Wildman–Crippen LogP) is 2.78. The molecular weight excluding hydrogens is 316 g/mol. The van der Waals surface area contributed by atoms with E-state index in [0.717, 1.165) is 24.2 Å². The van der Waals surface area contributed by atoms with Crippen molar-refractivity contribution < 1.29 is 14.6 Å². The van der Waals surface area contributed by atoms with Crippen LogP contribution in [0, 0.1) is 0 Å². The van der Waals surface area contributed by atoms with E-state index in [9.17, 15) is 5.11 Å². The average molecular weight is 351 g/mol. The summed E-state index contributed by atoms with van der Waals surface area (Å²) in [4.78, 5) is 4.29. The molecule has 0 amide bonds. The van der Waals surface area contributed by atoms with Gasteiger partial charge in [-0.15, -0.1) is 0 Å². The number of aliphatic hydroxyl groups is 1. The molecule has 25 heavy (non-hydrogen) atoms. The zero-order valence-electron chi connectivity index (χ0n) is 16.6. The number of aliphatic hydroxyl groups excluding tert-OH is 1. The van der Waals surface area contributed by atoms with Crippen LogP contribution in [0.3, 0.4) is 0 Å². The second kappa shape index (κ2) is 10.4. The van der Waals surface area contributed by atoms with Crippen LogP contribution in [0.5, 0.6) is 11.5 Å². The van der Waals surface area contributed by atoms with Crippen LogP contribution in [0.4, 0.5) is 0 Å². The molecule has 1 aromatic rings. The highest BCUT2D eigenvalue weighted by molar-refractivity contribution is 5.43. The molecular formula is C20H34N2O3. The number of hydrogen-bond donors (Lipinski definition) is 1. The lowest BCUT2D eigenvalue weighted by Gasteiger charge is -2.24. The SMILES string of the molecule is C=C(C)CN(C)Cc1ccc(OC[C@H](O)CN(C)C(C)C)c(OC)c1. The van der Waals surface area contributed by atoms with Gasteiger partial charge in [0.2, 0.25) is 0 Å². The first-order chi connectivity index (χ1) is 11.7. The van der Waals surface area contributed by atoms with E-state index in [1.165, 1.54) is 0 Å². The molecule has 1 atom stereocenters. The molecule has 0 fully saturated rings. The highest BCUT2D eigenvalue weighted by atomic mass is 16.5. The van der Waals surface area contributed by atoms with E-state index in [1.54, 1.807) is 7.11 Å². The van der Waals surface area contributed by atoms with Gasteiger partial charge in [-0.3, -0.25) is 4.90 Å². The van der Waals surface area contributed by atoms with Crippen molar-refractivity contribution in [3.8, 4) is 11.5 Å². The minimum atomic E-state index is -0.543. The maximum atomic E-state index is 10.1. The highest BCUT2D eigenvalue weighted by Gasteiger charge is 2.13. The number of hydrogen-bond acceptors (Lipinski definition) is 5. The van der Waals surface area contributed by atoms with Gasteiger partial charge in [-0.2, -0.15) is 0 Å². The molecule has 5 nitrogen and oxygen atoms in total. The van der Waals surface area contributed by atoms with E-state index in [2.05, 4.69) is 37.3 Å². The van der Waals surface area contributed by atoms with E-state index in [0.29, 0.717) is 24.1 Å². The number of likely N-dealkylation sites (N-methyl/N-ethyl adjacent to an activating group) is 2. The van der Waals surface area contributed by atoms with Crippen molar-refractivity contribution in [3.63, 3.8) is 0 Å². The minimum absolute atomic E-state index is 0.238. The number of benzene rings is 1. The summed E-state index contributed by atoms with van der Waals surface area (Å²) in [5, 5.41) is 10.1. The van der Waals surface area contributed by atoms with Gasteiger partial charge >= 0.3 is 0 Å². The normalized spacial score (nSPS) is 12.7. The van der Waals surface area contributed by atoms with E-state index in [4.69, 9.17) is 9.47 Å². The van der Waals surface area contributed by atoms with Gasteiger partial charge in [0.1, 0.15) is 12.7 Å². The van der Waals surface area contributed by atoms with Crippen LogP contribution >= 0.6 is 0 Å². The predicted molar refractivity (Wildman–Crippen MR) is 103 cm³/mol. The number of methoxy groups -OCH3 is 1. The molecule has 0 radical (unpaired) electrons. The van der Waals surface area contributed by atoms with Crippen LogP contribution < -0.4 is 9.47 Å². The first-order valence-electron chi connectivity index (χ1n) is 8.73. The number of nitrogens with zero attached hydrogens (tertiary/aromatic N) is 2. The Kier molecular flexibility index (Phi) is 8.97. The molecule has 0 heterocycles. The summed E-state index contributed by atoms with van der Waals surface area (Å²) < 4.78 is 11.2. The van der Waals surface area contributed by atoms with Crippen molar-refractivity contribution in [1.82, 2.24) is 9.80 Å². The first kappa shape index (κ1) is 21.5. The van der Waals surface area contributed by atoms with Gasteiger partial charge in [0.05, 0.1) is 7.11 Å². The fourth-order valence-corrected chi connectivity index (χ4v) is 2.54. The van der Waals surface area contributed by atoms with Crippen molar-refractivity contribution in [2.75, 3.05) is 40.9 Å². The molecule has 0 saturated heterocycles. The van der Waals surface area contributed by atoms with E-state index in [-0.39, 0.29) is 6.61 Å². The van der Waals surface area contributed by atoms with Gasteiger partial charge in [0, 0.05) is 25.7 Å². The fraction of sp³-hybridized carbons (Fsp3) is 0.600. The third-order valence-electron chi connectivity index (χ3n) is 4.03. The van der Waals surface area contributed by atoms with Gasteiger partial charge in [0.15, 0.2) is 11.5 Å². The number of ether oxygens (including phenoxy) is 2. The summed E-state index contributed by atoms with van der Waals surface area (Å²) in [6, 6.07) is 6.30. The van der Waals surface area contributed by atoms with Crippen LogP contribution in [-0.4, -0.2) is 68.0 Å². The van der Waals surface area contributed by atoms with Crippen LogP contribution in [0.2, 0.25) is 0 Å². The fourth-order valence-electron chi connectivity index (χ4n) is 2.54. The molecule has 5 heteroatoms. The smallest absolute Gasteiger partial charge is 0.161 e. The van der Waals surface area contributed by atoms with Crippen molar-refractivity contribution in [3.05, 3.63) is 35.9 Å². The van der Waals surface area contributed by atoms with E-state index in [1.807, 2.05) is 32.2 Å². The Morgan fingerprint density at radius 2 is 1.92 bits per heavy atom. The van der Waals surface area contributed by atoms with Crippen LogP contribution in [0.15, 0.2) is 30.4 Å². The number of rotatable bonds is 11. The van der Waals surface area contributed by atoms with Gasteiger partial charge in [-0.25, -0.2) is 0 Å². The molecule has 0 spiro atoms. The van der Waals surface area contributed by atoms with Crippen molar-refractivity contribution >= 4 is 0 Å². The first-order valence-corrected chi connectivity index (χ1v) is 8.73. The van der Waals surface area contributed by atoms with Crippen LogP contribution in [0.1, 0.15) is 26.3 Å².